The van der Waals surface area contributed by atoms with E-state index in [0.29, 0.717) is 5.92 Å². The molecule has 0 saturated carbocycles. The molecule has 4 unspecified atom stereocenters. The third-order valence-corrected chi connectivity index (χ3v) is 14.8. The van der Waals surface area contributed by atoms with Crippen LogP contribution in [-0.4, -0.2) is 19.7 Å². The van der Waals surface area contributed by atoms with Gasteiger partial charge in [-0.05, 0) is 83.4 Å². The Labute approximate surface area is 377 Å². The van der Waals surface area contributed by atoms with Gasteiger partial charge in [-0.2, -0.15) is 0 Å². The molecule has 4 nitrogen and oxygen atoms in total. The Morgan fingerprint density at radius 3 is 1.51 bits per heavy atom. The number of rotatable bonds is 5. The maximum Gasteiger partial charge on any atom is 0.0629 e. The normalized spacial score (nSPS) is 18.6. The first-order valence-corrected chi connectivity index (χ1v) is 23.0. The summed E-state index contributed by atoms with van der Waals surface area (Å²) >= 11 is 0. The van der Waals surface area contributed by atoms with Crippen LogP contribution in [-0.2, 0) is 0 Å². The molecule has 4 heteroatoms. The van der Waals surface area contributed by atoms with Crippen molar-refractivity contribution in [3.63, 3.8) is 0 Å². The first kappa shape index (κ1) is 36.4. The minimum absolute atomic E-state index is 0.159. The van der Waals surface area contributed by atoms with Crippen LogP contribution in [0.3, 0.4) is 0 Å². The number of hydrogen-bond donors (Lipinski definition) is 0. The maximum absolute atomic E-state index is 2.57. The number of nitrogens with zero attached hydrogens (tertiary/aromatic N) is 4. The van der Waals surface area contributed by atoms with Crippen LogP contribution in [0.15, 0.2) is 218 Å². The first-order chi connectivity index (χ1) is 32.2. The third-order valence-electron chi connectivity index (χ3n) is 14.8. The lowest BCUT2D eigenvalue weighted by molar-refractivity contribution is 0.523. The van der Waals surface area contributed by atoms with Crippen molar-refractivity contribution >= 4 is 72.0 Å². The molecule has 4 atom stereocenters. The second-order valence-corrected chi connectivity index (χ2v) is 18.1. The quantitative estimate of drug-likeness (QED) is 0.169. The van der Waals surface area contributed by atoms with Crippen molar-refractivity contribution in [2.24, 2.45) is 0 Å². The summed E-state index contributed by atoms with van der Waals surface area (Å²) in [4.78, 5) is 2.55. The Kier molecular flexibility index (Phi) is 7.82. The second kappa shape index (κ2) is 14.0. The Hall–Kier alpha value is -8.08. The van der Waals surface area contributed by atoms with Crippen molar-refractivity contribution in [1.82, 2.24) is 13.7 Å². The van der Waals surface area contributed by atoms with Crippen LogP contribution < -0.4 is 4.90 Å². The van der Waals surface area contributed by atoms with Gasteiger partial charge in [0, 0.05) is 83.8 Å². The van der Waals surface area contributed by atoms with Gasteiger partial charge in [0.1, 0.15) is 0 Å². The fourth-order valence-corrected chi connectivity index (χ4v) is 11.9. The SMILES string of the molecule is CC1c2c(c3ccccc3n2-c2ccc(-c3ccc(N4c5cc(-n6c7ccccc7c7ccccc76)ccc5C5C=CC=CC54)cc3)cc2)C=CC1n1c2ccccc2c2ccccc21. The Bertz CT molecular complexity index is 3710. The van der Waals surface area contributed by atoms with Gasteiger partial charge in [0.05, 0.1) is 28.6 Å². The molecule has 3 aliphatic rings. The van der Waals surface area contributed by atoms with Crippen molar-refractivity contribution in [1.29, 1.82) is 0 Å². The number of allylic oxidation sites excluding steroid dienone is 3. The highest BCUT2D eigenvalue weighted by atomic mass is 15.2. The summed E-state index contributed by atoms with van der Waals surface area (Å²) in [7, 11) is 0. The van der Waals surface area contributed by atoms with E-state index < -0.39 is 0 Å². The lowest BCUT2D eigenvalue weighted by Crippen LogP contribution is -2.28. The van der Waals surface area contributed by atoms with Crippen molar-refractivity contribution in [3.8, 4) is 22.5 Å². The van der Waals surface area contributed by atoms with E-state index >= 15 is 0 Å². The van der Waals surface area contributed by atoms with Gasteiger partial charge in [-0.15, -0.1) is 0 Å². The summed E-state index contributed by atoms with van der Waals surface area (Å²) in [6, 6.07) is 70.1. The molecule has 0 fully saturated rings. The molecule has 3 aromatic heterocycles. The van der Waals surface area contributed by atoms with E-state index in [1.54, 1.807) is 0 Å². The first-order valence-electron chi connectivity index (χ1n) is 23.0. The summed E-state index contributed by atoms with van der Waals surface area (Å²) in [6.07, 6.45) is 14.0. The molecule has 2 aliphatic carbocycles. The van der Waals surface area contributed by atoms with Gasteiger partial charge >= 0.3 is 0 Å². The highest BCUT2D eigenvalue weighted by Crippen LogP contribution is 2.50. The highest BCUT2D eigenvalue weighted by molar-refractivity contribution is 6.10. The largest absolute Gasteiger partial charge is 0.333 e. The van der Waals surface area contributed by atoms with E-state index in [-0.39, 0.29) is 18.0 Å². The molecular weight excluding hydrogens is 789 g/mol. The second-order valence-electron chi connectivity index (χ2n) is 18.1. The number of aromatic nitrogens is 3. The topological polar surface area (TPSA) is 18.0 Å². The molecular formula is C61H44N4. The standard InChI is InChI=1S/C61H44N4/c1-39-53(65-58-24-12-5-16-47(58)48-17-6-13-25-59(48)65)37-36-52-50-19-7-11-23-57(50)64(61(39)52)43-32-28-41(29-33-43)40-26-30-42(31-27-40)62-54-20-8-4-18-49(54)51-35-34-44(38-60(51)62)63-55-21-9-2-14-45(55)46-15-3-10-22-56(46)63/h2-39,49,53-54H,1H3. The minimum atomic E-state index is 0.159. The number of para-hydroxylation sites is 5. The summed E-state index contributed by atoms with van der Waals surface area (Å²) in [5.41, 5.74) is 17.5. The van der Waals surface area contributed by atoms with Crippen LogP contribution in [0.25, 0.3) is 83.1 Å². The van der Waals surface area contributed by atoms with Crippen LogP contribution in [0, 0.1) is 0 Å². The Morgan fingerprint density at radius 2 is 0.892 bits per heavy atom. The molecule has 0 saturated heterocycles. The van der Waals surface area contributed by atoms with E-state index in [2.05, 4.69) is 250 Å². The number of hydrogen-bond acceptors (Lipinski definition) is 1. The molecule has 308 valence electrons. The van der Waals surface area contributed by atoms with E-state index in [1.165, 1.54) is 105 Å². The fraction of sp³-hybridized carbons (Fsp3) is 0.0820. The molecule has 0 spiro atoms. The minimum Gasteiger partial charge on any atom is -0.333 e. The van der Waals surface area contributed by atoms with Gasteiger partial charge in [-0.3, -0.25) is 0 Å². The molecule has 0 amide bonds. The zero-order valence-electron chi connectivity index (χ0n) is 36.0. The molecule has 0 radical (unpaired) electrons. The summed E-state index contributed by atoms with van der Waals surface area (Å²) < 4.78 is 7.52. The smallest absolute Gasteiger partial charge is 0.0629 e. The molecule has 0 bridgehead atoms. The van der Waals surface area contributed by atoms with Crippen molar-refractivity contribution < 1.29 is 0 Å². The van der Waals surface area contributed by atoms with Crippen LogP contribution in [0.2, 0.25) is 0 Å². The maximum atomic E-state index is 2.57. The number of anilines is 2. The van der Waals surface area contributed by atoms with Crippen molar-refractivity contribution in [2.75, 3.05) is 4.90 Å². The summed E-state index contributed by atoms with van der Waals surface area (Å²) in [5, 5.41) is 6.46. The number of benzene rings is 8. The van der Waals surface area contributed by atoms with Crippen LogP contribution in [0.4, 0.5) is 11.4 Å². The zero-order chi connectivity index (χ0) is 42.8. The molecule has 14 rings (SSSR count). The summed E-state index contributed by atoms with van der Waals surface area (Å²) in [6.45, 7) is 2.41. The highest BCUT2D eigenvalue weighted by Gasteiger charge is 2.38. The van der Waals surface area contributed by atoms with Gasteiger partial charge in [0.25, 0.3) is 0 Å². The third kappa shape index (κ3) is 5.25. The molecule has 4 heterocycles. The van der Waals surface area contributed by atoms with E-state index in [1.807, 2.05) is 0 Å². The molecule has 8 aromatic carbocycles. The van der Waals surface area contributed by atoms with E-state index in [0.717, 1.165) is 0 Å². The van der Waals surface area contributed by atoms with Gasteiger partial charge in [-0.1, -0.05) is 165 Å². The summed E-state index contributed by atoms with van der Waals surface area (Å²) in [5.74, 6) is 0.511. The molecule has 65 heavy (non-hydrogen) atoms. The number of fused-ring (bicyclic) bond motifs is 12. The fourth-order valence-electron chi connectivity index (χ4n) is 11.9. The monoisotopic (exact) mass is 832 g/mol. The van der Waals surface area contributed by atoms with Crippen molar-refractivity contribution in [3.05, 3.63) is 235 Å². The van der Waals surface area contributed by atoms with Crippen molar-refractivity contribution in [2.45, 2.75) is 30.8 Å². The van der Waals surface area contributed by atoms with Gasteiger partial charge in [-0.25, -0.2) is 0 Å². The molecule has 1 aliphatic heterocycles. The predicted molar refractivity (Wildman–Crippen MR) is 272 cm³/mol. The average molecular weight is 833 g/mol. The molecule has 11 aromatic rings. The lowest BCUT2D eigenvalue weighted by Gasteiger charge is -2.30. The van der Waals surface area contributed by atoms with Crippen LogP contribution in [0.5, 0.6) is 0 Å². The van der Waals surface area contributed by atoms with Gasteiger partial charge < -0.3 is 18.6 Å². The van der Waals surface area contributed by atoms with E-state index in [9.17, 15) is 0 Å². The predicted octanol–water partition coefficient (Wildman–Crippen LogP) is 15.6. The Morgan fingerprint density at radius 1 is 0.400 bits per heavy atom. The van der Waals surface area contributed by atoms with E-state index in [4.69, 9.17) is 0 Å². The van der Waals surface area contributed by atoms with Gasteiger partial charge in [0.15, 0.2) is 0 Å². The Balaban J connectivity index is 0.821. The zero-order valence-corrected chi connectivity index (χ0v) is 36.0. The van der Waals surface area contributed by atoms with Crippen LogP contribution >= 0.6 is 0 Å². The van der Waals surface area contributed by atoms with Crippen LogP contribution in [0.1, 0.15) is 41.6 Å². The lowest BCUT2D eigenvalue weighted by atomic mass is 9.88. The van der Waals surface area contributed by atoms with Gasteiger partial charge in [0.2, 0.25) is 0 Å². The molecule has 0 N–H and O–H groups in total. The average Bonchev–Trinajstić information content (AvgIpc) is 4.10.